The zero-order valence-electron chi connectivity index (χ0n) is 16.4. The lowest BCUT2D eigenvalue weighted by Gasteiger charge is -1.96. The quantitative estimate of drug-likeness (QED) is 0.434. The number of rotatable bonds is 9. The summed E-state index contributed by atoms with van der Waals surface area (Å²) < 4.78 is 4.64. The Morgan fingerprint density at radius 2 is 1.35 bits per heavy atom. The van der Waals surface area contributed by atoms with Crippen LogP contribution in [0, 0.1) is 5.92 Å². The van der Waals surface area contributed by atoms with Crippen LogP contribution < -0.4 is 0 Å². The minimum atomic E-state index is -0.182. The molecule has 4 nitrogen and oxygen atoms in total. The molecule has 0 radical (unpaired) electrons. The Bertz CT molecular complexity index is 276. The average molecular weight is 331 g/mol. The van der Waals surface area contributed by atoms with Gasteiger partial charge in [0.05, 0.1) is 6.61 Å². The first-order valence-electron chi connectivity index (χ1n) is 8.79. The fourth-order valence-corrected chi connectivity index (χ4v) is 1.56. The summed E-state index contributed by atoms with van der Waals surface area (Å²) in [4.78, 5) is 30.7. The monoisotopic (exact) mass is 330 g/mol. The van der Waals surface area contributed by atoms with E-state index < -0.39 is 0 Å². The maximum Gasteiger partial charge on any atom is 0.302 e. The Morgan fingerprint density at radius 1 is 0.826 bits per heavy atom. The predicted octanol–water partition coefficient (Wildman–Crippen LogP) is 5.13. The normalized spacial score (nSPS) is 9.22. The van der Waals surface area contributed by atoms with Gasteiger partial charge in [0, 0.05) is 19.8 Å². The van der Waals surface area contributed by atoms with Crippen LogP contribution in [0.15, 0.2) is 0 Å². The van der Waals surface area contributed by atoms with Crippen molar-refractivity contribution in [3.05, 3.63) is 0 Å². The molecule has 0 aromatic carbocycles. The summed E-state index contributed by atoms with van der Waals surface area (Å²) >= 11 is 0. The van der Waals surface area contributed by atoms with Crippen LogP contribution >= 0.6 is 0 Å². The summed E-state index contributed by atoms with van der Waals surface area (Å²) in [6.45, 7) is 13.6. The van der Waals surface area contributed by atoms with Gasteiger partial charge in [-0.1, -0.05) is 47.0 Å². The highest BCUT2D eigenvalue weighted by Crippen LogP contribution is 1.98. The van der Waals surface area contributed by atoms with E-state index in [2.05, 4.69) is 18.6 Å². The summed E-state index contributed by atoms with van der Waals surface area (Å²) in [5.74, 6) is 0.949. The third-order valence-electron chi connectivity index (χ3n) is 2.63. The Hall–Kier alpha value is -1.19. The zero-order chi connectivity index (χ0) is 18.7. The van der Waals surface area contributed by atoms with Gasteiger partial charge in [0.15, 0.2) is 0 Å². The molecule has 0 fully saturated rings. The van der Waals surface area contributed by atoms with Crippen LogP contribution in [0.4, 0.5) is 0 Å². The molecule has 0 aliphatic carbocycles. The molecule has 0 spiro atoms. The molecule has 0 heterocycles. The number of ether oxygens (including phenoxy) is 1. The first kappa shape index (κ1) is 26.7. The van der Waals surface area contributed by atoms with Gasteiger partial charge in [0.2, 0.25) is 0 Å². The number of hydrogen-bond acceptors (Lipinski definition) is 4. The van der Waals surface area contributed by atoms with Crippen molar-refractivity contribution in [3.63, 3.8) is 0 Å². The third-order valence-corrected chi connectivity index (χ3v) is 2.63. The van der Waals surface area contributed by atoms with E-state index >= 15 is 0 Å². The van der Waals surface area contributed by atoms with Crippen molar-refractivity contribution in [2.45, 2.75) is 93.4 Å². The lowest BCUT2D eigenvalue weighted by atomic mass is 10.1. The Labute approximate surface area is 143 Å². The van der Waals surface area contributed by atoms with E-state index in [1.54, 1.807) is 13.8 Å². The SMILES string of the molecule is CC(=O)CC(C)C.CCCCCC(C)=O.CCCCOC(C)=O. The fourth-order valence-electron chi connectivity index (χ4n) is 1.56. The maximum atomic E-state index is 10.3. The lowest BCUT2D eigenvalue weighted by Crippen LogP contribution is -1.99. The average Bonchev–Trinajstić information content (AvgIpc) is 2.38. The lowest BCUT2D eigenvalue weighted by molar-refractivity contribution is -0.141. The van der Waals surface area contributed by atoms with Crippen LogP contribution in [-0.2, 0) is 19.1 Å². The van der Waals surface area contributed by atoms with Crippen LogP contribution in [0.3, 0.4) is 0 Å². The number of esters is 1. The first-order chi connectivity index (χ1) is 10.7. The van der Waals surface area contributed by atoms with Gasteiger partial charge in [-0.15, -0.1) is 0 Å². The third kappa shape index (κ3) is 44.9. The Kier molecular flexibility index (Phi) is 24.2. The smallest absolute Gasteiger partial charge is 0.302 e. The zero-order valence-corrected chi connectivity index (χ0v) is 16.4. The molecule has 0 N–H and O–H groups in total. The minimum Gasteiger partial charge on any atom is -0.466 e. The van der Waals surface area contributed by atoms with E-state index in [1.165, 1.54) is 19.8 Å². The molecule has 0 aromatic rings. The second-order valence-electron chi connectivity index (χ2n) is 6.15. The maximum absolute atomic E-state index is 10.3. The van der Waals surface area contributed by atoms with E-state index in [0.29, 0.717) is 18.3 Å². The molecule has 0 rings (SSSR count). The van der Waals surface area contributed by atoms with Crippen molar-refractivity contribution in [3.8, 4) is 0 Å². The van der Waals surface area contributed by atoms with Gasteiger partial charge in [-0.3, -0.25) is 4.79 Å². The first-order valence-corrected chi connectivity index (χ1v) is 8.79. The fraction of sp³-hybridized carbons (Fsp3) is 0.842. The summed E-state index contributed by atoms with van der Waals surface area (Å²) in [5.41, 5.74) is 0. The molecule has 0 saturated carbocycles. The molecule has 23 heavy (non-hydrogen) atoms. The van der Waals surface area contributed by atoms with E-state index in [0.717, 1.165) is 32.1 Å². The molecule has 0 amide bonds. The second-order valence-corrected chi connectivity index (χ2v) is 6.15. The second kappa shape index (κ2) is 20.8. The molecule has 0 aromatic heterocycles. The number of Topliss-reactive ketones (excluding diaryl/α,β-unsaturated/α-hetero) is 2. The van der Waals surface area contributed by atoms with Gasteiger partial charge in [0.1, 0.15) is 11.6 Å². The molecule has 4 heteroatoms. The van der Waals surface area contributed by atoms with Crippen molar-refractivity contribution >= 4 is 17.5 Å². The number of ketones is 2. The summed E-state index contributed by atoms with van der Waals surface area (Å²) in [6, 6.07) is 0. The highest BCUT2D eigenvalue weighted by atomic mass is 16.5. The van der Waals surface area contributed by atoms with Gasteiger partial charge in [-0.05, 0) is 32.6 Å². The van der Waals surface area contributed by atoms with E-state index in [1.807, 2.05) is 13.8 Å². The van der Waals surface area contributed by atoms with Gasteiger partial charge in [-0.2, -0.15) is 0 Å². The topological polar surface area (TPSA) is 60.4 Å². The Morgan fingerprint density at radius 3 is 1.61 bits per heavy atom. The van der Waals surface area contributed by atoms with Crippen LogP contribution in [0.25, 0.3) is 0 Å². The predicted molar refractivity (Wildman–Crippen MR) is 96.5 cm³/mol. The van der Waals surface area contributed by atoms with Gasteiger partial charge in [-0.25, -0.2) is 0 Å². The molecule has 0 saturated heterocycles. The van der Waals surface area contributed by atoms with Crippen molar-refractivity contribution in [2.24, 2.45) is 5.92 Å². The summed E-state index contributed by atoms with van der Waals surface area (Å²) in [7, 11) is 0. The van der Waals surface area contributed by atoms with Gasteiger partial charge in [0.25, 0.3) is 0 Å². The summed E-state index contributed by atoms with van der Waals surface area (Å²) in [6.07, 6.45) is 7.01. The standard InChI is InChI=1S/C7H14O.C6H12O2.C6H12O/c1-3-4-5-6-7(2)8;1-3-4-5-8-6(2)7;1-5(2)4-6(3)7/h3-6H2,1-2H3;3-5H2,1-2H3;5H,4H2,1-3H3. The van der Waals surface area contributed by atoms with Crippen molar-refractivity contribution in [1.29, 1.82) is 0 Å². The molecule has 138 valence electrons. The summed E-state index contributed by atoms with van der Waals surface area (Å²) in [5, 5.41) is 0. The van der Waals surface area contributed by atoms with Crippen LogP contribution in [0.5, 0.6) is 0 Å². The van der Waals surface area contributed by atoms with Gasteiger partial charge >= 0.3 is 5.97 Å². The number of unbranched alkanes of at least 4 members (excludes halogenated alkanes) is 3. The van der Waals surface area contributed by atoms with Crippen LogP contribution in [-0.4, -0.2) is 24.1 Å². The number of carbonyl (C=O) groups excluding carboxylic acids is 3. The number of hydrogen-bond donors (Lipinski definition) is 0. The Balaban J connectivity index is -0.000000262. The molecular formula is C19H38O4. The number of carbonyl (C=O) groups is 3. The molecular weight excluding hydrogens is 292 g/mol. The van der Waals surface area contributed by atoms with E-state index in [9.17, 15) is 14.4 Å². The largest absolute Gasteiger partial charge is 0.466 e. The molecule has 0 unspecified atom stereocenters. The van der Waals surface area contributed by atoms with Gasteiger partial charge < -0.3 is 14.3 Å². The van der Waals surface area contributed by atoms with Crippen molar-refractivity contribution in [2.75, 3.05) is 6.61 Å². The highest BCUT2D eigenvalue weighted by Gasteiger charge is 1.95. The minimum absolute atomic E-state index is 0.182. The highest BCUT2D eigenvalue weighted by molar-refractivity contribution is 5.75. The van der Waals surface area contributed by atoms with E-state index in [-0.39, 0.29) is 11.8 Å². The van der Waals surface area contributed by atoms with E-state index in [4.69, 9.17) is 0 Å². The van der Waals surface area contributed by atoms with Crippen LogP contribution in [0.1, 0.15) is 93.4 Å². The molecule has 0 aliphatic rings. The van der Waals surface area contributed by atoms with Crippen LogP contribution in [0.2, 0.25) is 0 Å². The molecule has 0 aliphatic heterocycles. The van der Waals surface area contributed by atoms with Crippen molar-refractivity contribution < 1.29 is 19.1 Å². The van der Waals surface area contributed by atoms with Crippen molar-refractivity contribution in [1.82, 2.24) is 0 Å². The molecule has 0 atom stereocenters. The molecule has 0 bridgehead atoms.